The van der Waals surface area contributed by atoms with Crippen LogP contribution in [0.25, 0.3) is 6.08 Å². The summed E-state index contributed by atoms with van der Waals surface area (Å²) in [6, 6.07) is 4.63. The molecule has 0 saturated carbocycles. The predicted molar refractivity (Wildman–Crippen MR) is 145 cm³/mol. The number of aliphatic hydroxyl groups excluding tert-OH is 7. The van der Waals surface area contributed by atoms with Crippen molar-refractivity contribution in [3.8, 4) is 34.5 Å². The fourth-order valence-corrected chi connectivity index (χ4v) is 5.26. The Morgan fingerprint density at radius 2 is 1.38 bits per heavy atom. The average molecular weight is 643 g/mol. The van der Waals surface area contributed by atoms with Gasteiger partial charge in [-0.25, -0.2) is 0 Å². The molecule has 0 aromatic heterocycles. The van der Waals surface area contributed by atoms with Gasteiger partial charge in [-0.05, 0) is 18.2 Å². The predicted octanol–water partition coefficient (Wildman–Crippen LogP) is -2.37. The van der Waals surface area contributed by atoms with Gasteiger partial charge in [0.15, 0.2) is 30.0 Å². The van der Waals surface area contributed by atoms with Crippen LogP contribution in [-0.2, 0) is 18.9 Å². The van der Waals surface area contributed by atoms with Crippen LogP contribution in [0.2, 0.25) is 0 Å². The summed E-state index contributed by atoms with van der Waals surface area (Å²) in [6.07, 6.45) is -17.3. The highest BCUT2D eigenvalue weighted by Crippen LogP contribution is 2.47. The van der Waals surface area contributed by atoms with Crippen LogP contribution in [0.4, 0.5) is 0 Å². The highest BCUT2D eigenvalue weighted by Gasteiger charge is 2.52. The minimum atomic E-state index is -1.91. The summed E-state index contributed by atoms with van der Waals surface area (Å²) in [5, 5.41) is 113. The van der Waals surface area contributed by atoms with Gasteiger partial charge in [0.2, 0.25) is 12.0 Å². The van der Waals surface area contributed by atoms with Crippen molar-refractivity contribution in [2.45, 2.75) is 67.5 Å². The number of aliphatic hydroxyl groups is 7. The lowest BCUT2D eigenvalue weighted by Crippen LogP contribution is -2.64. The second kappa shape index (κ2) is 13.0. The molecule has 3 aliphatic rings. The van der Waals surface area contributed by atoms with Crippen molar-refractivity contribution in [2.75, 3.05) is 20.3 Å². The van der Waals surface area contributed by atoms with Crippen LogP contribution >= 0.6 is 0 Å². The lowest BCUT2D eigenvalue weighted by Gasteiger charge is -2.46. The van der Waals surface area contributed by atoms with Crippen LogP contribution in [0.5, 0.6) is 34.5 Å². The fraction of sp³-hybridized carbons (Fsp3) is 0.500. The van der Waals surface area contributed by atoms with Gasteiger partial charge < -0.3 is 84.6 Å². The molecule has 17 heteroatoms. The molecule has 17 nitrogen and oxygen atoms in total. The Morgan fingerprint density at radius 3 is 2.02 bits per heavy atom. The largest absolute Gasteiger partial charge is 0.508 e. The molecule has 0 amide bonds. The van der Waals surface area contributed by atoms with Crippen molar-refractivity contribution in [2.24, 2.45) is 0 Å². The lowest BCUT2D eigenvalue weighted by atomic mass is 9.97. The van der Waals surface area contributed by atoms with E-state index < -0.39 is 98.0 Å². The van der Waals surface area contributed by atoms with Gasteiger partial charge in [0.05, 0.1) is 25.9 Å². The number of benzene rings is 2. The molecule has 0 spiro atoms. The molecule has 11 atom stereocenters. The van der Waals surface area contributed by atoms with Crippen LogP contribution in [-0.4, -0.2) is 138 Å². The molecule has 2 fully saturated rings. The second-order valence-corrected chi connectivity index (χ2v) is 10.6. The fourth-order valence-electron chi connectivity index (χ4n) is 5.26. The summed E-state index contributed by atoms with van der Waals surface area (Å²) in [4.78, 5) is 0. The summed E-state index contributed by atoms with van der Waals surface area (Å²) in [5.41, 5.74) is 0.138. The number of hydrogen-bond acceptors (Lipinski definition) is 17. The number of rotatable bonds is 8. The minimum absolute atomic E-state index is 0.0236. The molecule has 0 bridgehead atoms. The first-order valence-electron chi connectivity index (χ1n) is 13.7. The molecule has 2 aromatic carbocycles. The van der Waals surface area contributed by atoms with Crippen LogP contribution in [0.3, 0.4) is 0 Å². The van der Waals surface area contributed by atoms with Gasteiger partial charge in [0, 0.05) is 17.7 Å². The van der Waals surface area contributed by atoms with E-state index in [9.17, 15) is 56.2 Å². The Kier molecular flexibility index (Phi) is 9.47. The molecule has 11 N–H and O–H groups in total. The SMILES string of the molecule is COc1cc(C2Oc3cc(O)cc(O)c3C=C2O[C@@H]2O[C@H](CO)[C@@H](O)[C@@H](O)[C@H]2O[C@@H]2O[C@H](CO)[C@@H](O)[C@@H](O)[C@H]2O)cc(O)c1O. The van der Waals surface area contributed by atoms with Gasteiger partial charge in [-0.3, -0.25) is 0 Å². The summed E-state index contributed by atoms with van der Waals surface area (Å²) >= 11 is 0. The minimum Gasteiger partial charge on any atom is -0.508 e. The van der Waals surface area contributed by atoms with E-state index in [1.165, 1.54) is 25.3 Å². The van der Waals surface area contributed by atoms with Gasteiger partial charge in [-0.15, -0.1) is 0 Å². The topological polar surface area (TPSA) is 278 Å². The van der Waals surface area contributed by atoms with Crippen molar-refractivity contribution in [1.29, 1.82) is 0 Å². The number of hydrogen-bond donors (Lipinski definition) is 11. The first-order valence-corrected chi connectivity index (χ1v) is 13.7. The molecule has 45 heavy (non-hydrogen) atoms. The van der Waals surface area contributed by atoms with Crippen LogP contribution < -0.4 is 9.47 Å². The van der Waals surface area contributed by atoms with Crippen molar-refractivity contribution < 1.29 is 84.6 Å². The molecule has 3 heterocycles. The first-order chi connectivity index (χ1) is 21.4. The third-order valence-electron chi connectivity index (χ3n) is 7.71. The molecule has 0 radical (unpaired) electrons. The number of ether oxygens (including phenoxy) is 6. The lowest BCUT2D eigenvalue weighted by molar-refractivity contribution is -0.364. The Bertz CT molecular complexity index is 1400. The maximum Gasteiger partial charge on any atom is 0.229 e. The average Bonchev–Trinajstić information content (AvgIpc) is 3.01. The Balaban J connectivity index is 1.54. The molecular weight excluding hydrogens is 608 g/mol. The Labute approximate surface area is 254 Å². The van der Waals surface area contributed by atoms with Crippen molar-refractivity contribution in [3.05, 3.63) is 41.2 Å². The van der Waals surface area contributed by atoms with Crippen LogP contribution in [0.1, 0.15) is 17.2 Å². The van der Waals surface area contributed by atoms with Crippen molar-refractivity contribution >= 4 is 6.08 Å². The van der Waals surface area contributed by atoms with Crippen molar-refractivity contribution in [3.63, 3.8) is 0 Å². The van der Waals surface area contributed by atoms with Gasteiger partial charge >= 0.3 is 0 Å². The quantitative estimate of drug-likeness (QED) is 0.134. The number of phenols is 4. The van der Waals surface area contributed by atoms with E-state index in [1.807, 2.05) is 0 Å². The monoisotopic (exact) mass is 642 g/mol. The van der Waals surface area contributed by atoms with E-state index in [-0.39, 0.29) is 34.1 Å². The van der Waals surface area contributed by atoms with E-state index >= 15 is 0 Å². The molecule has 2 saturated heterocycles. The molecule has 5 rings (SSSR count). The summed E-state index contributed by atoms with van der Waals surface area (Å²) < 4.78 is 34.0. The molecule has 1 unspecified atom stereocenters. The number of aromatic hydroxyl groups is 4. The zero-order chi connectivity index (χ0) is 32.7. The third kappa shape index (κ3) is 6.15. The third-order valence-corrected chi connectivity index (χ3v) is 7.71. The van der Waals surface area contributed by atoms with E-state index in [4.69, 9.17) is 28.4 Å². The maximum atomic E-state index is 11.0. The second-order valence-electron chi connectivity index (χ2n) is 10.6. The zero-order valence-electron chi connectivity index (χ0n) is 23.5. The molecule has 248 valence electrons. The first kappa shape index (κ1) is 32.8. The zero-order valence-corrected chi connectivity index (χ0v) is 23.5. The summed E-state index contributed by atoms with van der Waals surface area (Å²) in [6.45, 7) is -1.58. The molecule has 0 aliphatic carbocycles. The highest BCUT2D eigenvalue weighted by atomic mass is 16.8. The smallest absolute Gasteiger partial charge is 0.229 e. The van der Waals surface area contributed by atoms with Crippen LogP contribution in [0, 0.1) is 0 Å². The normalized spacial score (nSPS) is 34.8. The van der Waals surface area contributed by atoms with E-state index in [1.54, 1.807) is 0 Å². The number of methoxy groups -OCH3 is 1. The number of fused-ring (bicyclic) bond motifs is 1. The molecule has 3 aliphatic heterocycles. The van der Waals surface area contributed by atoms with E-state index in [2.05, 4.69) is 0 Å². The van der Waals surface area contributed by atoms with Crippen LogP contribution in [0.15, 0.2) is 30.0 Å². The van der Waals surface area contributed by atoms with Gasteiger partial charge in [0.1, 0.15) is 65.7 Å². The highest BCUT2D eigenvalue weighted by molar-refractivity contribution is 5.70. The standard InChI is InChI=1S/C28H34O17/c1-40-15-3-9(2-13(33)19(15)34)25-16(6-11-12(32)4-10(31)5-14(11)41-25)42-28-26(23(38)21(36)18(8-30)44-28)45-27-24(39)22(37)20(35)17(7-29)43-27/h2-6,17-18,20-39H,7-8H2,1H3/t17-,18-,20-,21-,22-,23-,24-,25?,26-,27+,28-/m1/s1. The van der Waals surface area contributed by atoms with Gasteiger partial charge in [-0.1, -0.05) is 0 Å². The Morgan fingerprint density at radius 1 is 0.733 bits per heavy atom. The summed E-state index contributed by atoms with van der Waals surface area (Å²) in [7, 11) is 1.23. The van der Waals surface area contributed by atoms with Gasteiger partial charge in [0.25, 0.3) is 0 Å². The molecule has 2 aromatic rings. The Hall–Kier alpha value is -3.62. The summed E-state index contributed by atoms with van der Waals surface area (Å²) in [5.74, 6) is -2.34. The van der Waals surface area contributed by atoms with E-state index in [0.717, 1.165) is 12.1 Å². The molecular formula is C28H34O17. The van der Waals surface area contributed by atoms with E-state index in [0.29, 0.717) is 0 Å². The van der Waals surface area contributed by atoms with Gasteiger partial charge in [-0.2, -0.15) is 0 Å². The number of phenolic OH excluding ortho intramolecular Hbond substituents is 4. The van der Waals surface area contributed by atoms with Crippen molar-refractivity contribution in [1.82, 2.24) is 0 Å². The maximum absolute atomic E-state index is 11.0.